The number of alkyl halides is 1. The van der Waals surface area contributed by atoms with Crippen molar-refractivity contribution in [2.24, 2.45) is 0 Å². The third-order valence-electron chi connectivity index (χ3n) is 7.09. The van der Waals surface area contributed by atoms with Gasteiger partial charge in [0.25, 0.3) is 0 Å². The Kier molecular flexibility index (Phi) is 7.33. The summed E-state index contributed by atoms with van der Waals surface area (Å²) in [6.07, 6.45) is 6.91. The second kappa shape index (κ2) is 11.2. The highest BCUT2D eigenvalue weighted by atomic mass is 79.9. The number of ketones is 1. The molecule has 42 heavy (non-hydrogen) atoms. The molecule has 5 aromatic rings. The van der Waals surface area contributed by atoms with E-state index in [4.69, 9.17) is 0 Å². The number of likely N-dealkylation sites (tertiary alicyclic amines) is 1. The summed E-state index contributed by atoms with van der Waals surface area (Å²) in [6, 6.07) is 11.4. The Hall–Kier alpha value is -4.78. The minimum atomic E-state index is -1.33. The lowest BCUT2D eigenvalue weighted by atomic mass is 10.0. The van der Waals surface area contributed by atoms with Crippen molar-refractivity contribution in [1.29, 1.82) is 0 Å². The summed E-state index contributed by atoms with van der Waals surface area (Å²) in [5, 5.41) is 7.45. The number of aromatic nitrogens is 6. The van der Waals surface area contributed by atoms with Crippen LogP contribution in [-0.4, -0.2) is 70.6 Å². The second-order valence-electron chi connectivity index (χ2n) is 9.91. The molecule has 1 N–H and O–H groups in total. The summed E-state index contributed by atoms with van der Waals surface area (Å²) >= 11 is 3.25. The van der Waals surface area contributed by atoms with Crippen LogP contribution in [0.2, 0.25) is 0 Å². The molecule has 0 unspecified atom stereocenters. The molecular formula is C29H24BrFN8O3. The number of rotatable bonds is 7. The highest BCUT2D eigenvalue weighted by Gasteiger charge is 2.40. The Balaban J connectivity index is 1.25. The quantitative estimate of drug-likeness (QED) is 0.211. The van der Waals surface area contributed by atoms with Crippen molar-refractivity contribution in [3.63, 3.8) is 0 Å². The standard InChI is InChI=1S/C29H24BrFN8O3/c1-17(40)22-15-37(16-27(41)38-14-20(31)11-24(38)28(42)36-26-5-2-4-25(30)35-26)23-7-6-18(10-21(22)23)19-12-32-29(33-13-19)39-9-3-8-34-39/h2-10,12-13,15,20,24H,11,14,16H2,1H3,(H,35,36,42)/t20-,24+/m1/s1. The molecule has 0 saturated carbocycles. The molecule has 0 aliphatic carbocycles. The monoisotopic (exact) mass is 630 g/mol. The van der Waals surface area contributed by atoms with E-state index in [0.29, 0.717) is 32.8 Å². The van der Waals surface area contributed by atoms with Gasteiger partial charge in [0.2, 0.25) is 17.8 Å². The van der Waals surface area contributed by atoms with Crippen LogP contribution in [0, 0.1) is 0 Å². The van der Waals surface area contributed by atoms with Crippen molar-refractivity contribution in [1.82, 2.24) is 34.2 Å². The lowest BCUT2D eigenvalue weighted by Gasteiger charge is -2.24. The number of hydrogen-bond acceptors (Lipinski definition) is 7. The Morgan fingerprint density at radius 3 is 2.62 bits per heavy atom. The van der Waals surface area contributed by atoms with Gasteiger partial charge in [-0.1, -0.05) is 12.1 Å². The zero-order valence-corrected chi connectivity index (χ0v) is 23.9. The van der Waals surface area contributed by atoms with Crippen molar-refractivity contribution in [3.05, 3.63) is 83.6 Å². The number of hydrogen-bond donors (Lipinski definition) is 1. The summed E-state index contributed by atoms with van der Waals surface area (Å²) < 4.78 is 18.2. The second-order valence-corrected chi connectivity index (χ2v) is 10.7. The molecule has 0 bridgehead atoms. The maximum atomic E-state index is 14.5. The Bertz CT molecular complexity index is 1810. The van der Waals surface area contributed by atoms with Gasteiger partial charge in [0.1, 0.15) is 29.2 Å². The lowest BCUT2D eigenvalue weighted by Crippen LogP contribution is -2.44. The number of pyridine rings is 1. The first-order valence-corrected chi connectivity index (χ1v) is 13.9. The fraction of sp³-hybridized carbons (Fsp3) is 0.207. The number of nitrogens with zero attached hydrogens (tertiary/aromatic N) is 7. The molecule has 1 aliphatic heterocycles. The van der Waals surface area contributed by atoms with E-state index in [1.54, 1.807) is 64.5 Å². The smallest absolute Gasteiger partial charge is 0.250 e. The van der Waals surface area contributed by atoms with Gasteiger partial charge in [0, 0.05) is 59.4 Å². The van der Waals surface area contributed by atoms with E-state index >= 15 is 0 Å². The van der Waals surface area contributed by atoms with Gasteiger partial charge in [-0.3, -0.25) is 14.4 Å². The molecule has 6 rings (SSSR count). The minimum absolute atomic E-state index is 0.110. The van der Waals surface area contributed by atoms with Crippen LogP contribution in [0.5, 0.6) is 0 Å². The number of nitrogens with one attached hydrogen (secondary N) is 1. The molecule has 2 amide bonds. The zero-order chi connectivity index (χ0) is 29.4. The number of fused-ring (bicyclic) bond motifs is 1. The van der Waals surface area contributed by atoms with Crippen molar-refractivity contribution >= 4 is 50.2 Å². The maximum absolute atomic E-state index is 14.5. The van der Waals surface area contributed by atoms with E-state index in [9.17, 15) is 18.8 Å². The van der Waals surface area contributed by atoms with Crippen LogP contribution in [0.3, 0.4) is 0 Å². The van der Waals surface area contributed by atoms with Crippen molar-refractivity contribution in [3.8, 4) is 17.1 Å². The molecule has 4 aromatic heterocycles. The summed E-state index contributed by atoms with van der Waals surface area (Å²) in [4.78, 5) is 53.2. The van der Waals surface area contributed by atoms with Gasteiger partial charge in [-0.15, -0.1) is 0 Å². The Morgan fingerprint density at radius 1 is 1.10 bits per heavy atom. The van der Waals surface area contributed by atoms with E-state index < -0.39 is 24.0 Å². The van der Waals surface area contributed by atoms with Gasteiger partial charge in [0.15, 0.2) is 5.78 Å². The van der Waals surface area contributed by atoms with E-state index in [1.165, 1.54) is 11.8 Å². The van der Waals surface area contributed by atoms with Crippen LogP contribution < -0.4 is 5.32 Å². The SMILES string of the molecule is CC(=O)c1cn(CC(=O)N2C[C@H](F)C[C@H]2C(=O)Nc2cccc(Br)n2)c2ccc(-c3cnc(-n4cccn4)nc3)cc12. The minimum Gasteiger partial charge on any atom is -0.337 e. The highest BCUT2D eigenvalue weighted by molar-refractivity contribution is 9.10. The molecule has 212 valence electrons. The Labute approximate surface area is 247 Å². The first-order valence-electron chi connectivity index (χ1n) is 13.1. The largest absolute Gasteiger partial charge is 0.337 e. The van der Waals surface area contributed by atoms with E-state index in [-0.39, 0.29) is 25.3 Å². The third kappa shape index (κ3) is 5.42. The molecule has 5 heterocycles. The molecule has 1 aliphatic rings. The van der Waals surface area contributed by atoms with Gasteiger partial charge in [-0.05, 0) is 58.7 Å². The number of amides is 2. The number of carbonyl (C=O) groups excluding carboxylic acids is 3. The predicted molar refractivity (Wildman–Crippen MR) is 156 cm³/mol. The van der Waals surface area contributed by atoms with Gasteiger partial charge >= 0.3 is 0 Å². The molecule has 13 heteroatoms. The highest BCUT2D eigenvalue weighted by Crippen LogP contribution is 2.29. The number of benzene rings is 1. The van der Waals surface area contributed by atoms with Crippen LogP contribution >= 0.6 is 15.9 Å². The molecular weight excluding hydrogens is 607 g/mol. The van der Waals surface area contributed by atoms with Gasteiger partial charge in [0.05, 0.1) is 6.54 Å². The first-order chi connectivity index (χ1) is 20.3. The van der Waals surface area contributed by atoms with Crippen molar-refractivity contribution in [2.75, 3.05) is 11.9 Å². The molecule has 1 saturated heterocycles. The van der Waals surface area contributed by atoms with Crippen LogP contribution in [-0.2, 0) is 16.1 Å². The van der Waals surface area contributed by atoms with Gasteiger partial charge < -0.3 is 14.8 Å². The topological polar surface area (TPSA) is 128 Å². The van der Waals surface area contributed by atoms with Gasteiger partial charge in [-0.2, -0.15) is 5.10 Å². The summed E-state index contributed by atoms with van der Waals surface area (Å²) in [5.41, 5.74) is 2.63. The average Bonchev–Trinajstić information content (AvgIpc) is 3.72. The Morgan fingerprint density at radius 2 is 1.90 bits per heavy atom. The molecule has 2 atom stereocenters. The number of halogens is 2. The van der Waals surface area contributed by atoms with Crippen LogP contribution in [0.15, 0.2) is 78.1 Å². The molecule has 0 spiro atoms. The van der Waals surface area contributed by atoms with Crippen LogP contribution in [0.25, 0.3) is 28.0 Å². The fourth-order valence-electron chi connectivity index (χ4n) is 5.10. The van der Waals surface area contributed by atoms with Crippen LogP contribution in [0.4, 0.5) is 10.2 Å². The third-order valence-corrected chi connectivity index (χ3v) is 7.53. The normalized spacial score (nSPS) is 16.6. The molecule has 1 aromatic carbocycles. The number of anilines is 1. The molecule has 11 nitrogen and oxygen atoms in total. The molecule has 0 radical (unpaired) electrons. The zero-order valence-electron chi connectivity index (χ0n) is 22.3. The maximum Gasteiger partial charge on any atom is 0.250 e. The summed E-state index contributed by atoms with van der Waals surface area (Å²) in [5.74, 6) is -0.394. The fourth-order valence-corrected chi connectivity index (χ4v) is 5.44. The summed E-state index contributed by atoms with van der Waals surface area (Å²) in [6.45, 7) is 1.09. The van der Waals surface area contributed by atoms with E-state index in [1.807, 2.05) is 18.2 Å². The van der Waals surface area contributed by atoms with Gasteiger partial charge in [-0.25, -0.2) is 24.0 Å². The number of Topliss-reactive ketones (excluding diaryl/α,β-unsaturated/α-hetero) is 1. The molecule has 1 fully saturated rings. The number of carbonyl (C=O) groups is 3. The van der Waals surface area contributed by atoms with Crippen molar-refractivity contribution in [2.45, 2.75) is 32.1 Å². The van der Waals surface area contributed by atoms with E-state index in [2.05, 4.69) is 41.3 Å². The van der Waals surface area contributed by atoms with E-state index in [0.717, 1.165) is 11.1 Å². The average molecular weight is 631 g/mol. The first kappa shape index (κ1) is 27.4. The van der Waals surface area contributed by atoms with Crippen LogP contribution in [0.1, 0.15) is 23.7 Å². The lowest BCUT2D eigenvalue weighted by molar-refractivity contribution is -0.137. The van der Waals surface area contributed by atoms with Crippen molar-refractivity contribution < 1.29 is 18.8 Å². The predicted octanol–water partition coefficient (Wildman–Crippen LogP) is 4.22. The summed E-state index contributed by atoms with van der Waals surface area (Å²) in [7, 11) is 0.